The van der Waals surface area contributed by atoms with Gasteiger partial charge in [-0.25, -0.2) is 17.9 Å². The molecule has 11 heteroatoms. The van der Waals surface area contributed by atoms with Crippen LogP contribution in [0.4, 0.5) is 6.01 Å². The number of aryl methyl sites for hydroxylation is 1. The third-order valence-electron chi connectivity index (χ3n) is 1.91. The number of nitrogens with one attached hydrogen (secondary N) is 1. The maximum atomic E-state index is 12.0. The predicted molar refractivity (Wildman–Crippen MR) is 68.8 cm³/mol. The van der Waals surface area contributed by atoms with Crippen LogP contribution in [0.15, 0.2) is 19.3 Å². The van der Waals surface area contributed by atoms with E-state index in [1.807, 2.05) is 0 Å². The molecule has 2 aromatic rings. The molecule has 2 N–H and O–H groups in total. The lowest BCUT2D eigenvalue weighted by molar-refractivity contribution is 0.0702. The Balaban J connectivity index is 2.37. The van der Waals surface area contributed by atoms with Crippen LogP contribution in [0.2, 0.25) is 0 Å². The Hall–Kier alpha value is -1.46. The average molecular weight is 368 g/mol. The molecule has 0 fully saturated rings. The summed E-state index contributed by atoms with van der Waals surface area (Å²) >= 11 is 3.81. The molecular weight excluding hydrogens is 362 g/mol. The second kappa shape index (κ2) is 4.90. The summed E-state index contributed by atoms with van der Waals surface area (Å²) in [7, 11) is -3.99. The molecule has 0 unspecified atom stereocenters. The number of thiophene rings is 1. The molecular formula is C8H6BrN3O5S2. The van der Waals surface area contributed by atoms with Crippen LogP contribution >= 0.6 is 27.3 Å². The predicted octanol–water partition coefficient (Wildman–Crippen LogP) is 1.70. The zero-order valence-electron chi connectivity index (χ0n) is 9.25. The van der Waals surface area contributed by atoms with Crippen molar-refractivity contribution in [1.29, 1.82) is 0 Å². The van der Waals surface area contributed by atoms with E-state index in [0.29, 0.717) is 0 Å². The molecule has 0 atom stereocenters. The van der Waals surface area contributed by atoms with Crippen LogP contribution in [0.5, 0.6) is 0 Å². The number of aromatic carboxylic acids is 1. The van der Waals surface area contributed by atoms with Crippen LogP contribution in [-0.2, 0) is 10.0 Å². The van der Waals surface area contributed by atoms with Gasteiger partial charge in [-0.15, -0.1) is 11.3 Å². The molecule has 0 aliphatic heterocycles. The molecule has 102 valence electrons. The molecule has 0 saturated heterocycles. The quantitative estimate of drug-likeness (QED) is 0.842. The van der Waals surface area contributed by atoms with Crippen molar-refractivity contribution >= 4 is 49.3 Å². The first-order valence-electron chi connectivity index (χ1n) is 4.65. The summed E-state index contributed by atoms with van der Waals surface area (Å²) in [6.45, 7) is 1.53. The first-order valence-corrected chi connectivity index (χ1v) is 7.74. The molecule has 0 saturated carbocycles. The number of hydrogen-bond acceptors (Lipinski definition) is 7. The Morgan fingerprint density at radius 3 is 2.74 bits per heavy atom. The van der Waals surface area contributed by atoms with Crippen LogP contribution < -0.4 is 4.72 Å². The molecule has 0 amide bonds. The fourth-order valence-electron chi connectivity index (χ4n) is 1.15. The number of sulfonamides is 1. The monoisotopic (exact) mass is 367 g/mol. The molecule has 0 aromatic carbocycles. The van der Waals surface area contributed by atoms with Crippen molar-refractivity contribution in [2.24, 2.45) is 0 Å². The minimum atomic E-state index is -3.99. The fourth-order valence-corrected chi connectivity index (χ4v) is 4.48. The molecule has 2 aromatic heterocycles. The summed E-state index contributed by atoms with van der Waals surface area (Å²) in [5, 5.41) is 12.2. The summed E-state index contributed by atoms with van der Waals surface area (Å²) in [6, 6.07) is 0.760. The minimum absolute atomic E-state index is 0.103. The maximum Gasteiger partial charge on any atom is 0.345 e. The van der Waals surface area contributed by atoms with Crippen molar-refractivity contribution in [3.63, 3.8) is 0 Å². The summed E-state index contributed by atoms with van der Waals surface area (Å²) in [5.74, 6) is -0.936. The molecule has 8 nitrogen and oxygen atoms in total. The van der Waals surface area contributed by atoms with Gasteiger partial charge < -0.3 is 9.63 Å². The molecule has 0 radical (unpaired) electrons. The summed E-state index contributed by atoms with van der Waals surface area (Å²) in [4.78, 5) is 14.2. The third-order valence-corrected chi connectivity index (χ3v) is 5.47. The van der Waals surface area contributed by atoms with E-state index in [1.54, 1.807) is 0 Å². The number of carbonyl (C=O) groups is 1. The lowest BCUT2D eigenvalue weighted by Gasteiger charge is -2.01. The van der Waals surface area contributed by atoms with Gasteiger partial charge in [0.1, 0.15) is 9.77 Å². The molecule has 2 heterocycles. The second-order valence-electron chi connectivity index (χ2n) is 3.31. The Labute approximate surface area is 119 Å². The average Bonchev–Trinajstić information content (AvgIpc) is 2.85. The smallest absolute Gasteiger partial charge is 0.345 e. The van der Waals surface area contributed by atoms with Crippen LogP contribution in [0.1, 0.15) is 15.5 Å². The Bertz CT molecular complexity index is 735. The molecule has 0 spiro atoms. The molecule has 0 aliphatic carbocycles. The zero-order valence-corrected chi connectivity index (χ0v) is 12.5. The van der Waals surface area contributed by atoms with Crippen molar-refractivity contribution in [2.75, 3.05) is 4.72 Å². The van der Waals surface area contributed by atoms with Crippen molar-refractivity contribution < 1.29 is 22.8 Å². The Morgan fingerprint density at radius 1 is 1.58 bits per heavy atom. The first kappa shape index (κ1) is 14.0. The highest BCUT2D eigenvalue weighted by Crippen LogP contribution is 2.32. The number of anilines is 1. The van der Waals surface area contributed by atoms with E-state index in [2.05, 4.69) is 35.3 Å². The first-order chi connectivity index (χ1) is 8.79. The molecule has 2 rings (SSSR count). The van der Waals surface area contributed by atoms with Gasteiger partial charge in [0.25, 0.3) is 10.0 Å². The summed E-state index contributed by atoms with van der Waals surface area (Å²) < 4.78 is 30.9. The number of halogens is 1. The molecule has 19 heavy (non-hydrogen) atoms. The van der Waals surface area contributed by atoms with Gasteiger partial charge in [-0.05, 0) is 28.9 Å². The van der Waals surface area contributed by atoms with Crippen LogP contribution in [-0.4, -0.2) is 29.6 Å². The summed E-state index contributed by atoms with van der Waals surface area (Å²) in [6.07, 6.45) is 0. The van der Waals surface area contributed by atoms with Crippen molar-refractivity contribution in [1.82, 2.24) is 10.1 Å². The number of carboxylic acid groups (broad SMARTS) is 1. The van der Waals surface area contributed by atoms with Crippen LogP contribution in [0.3, 0.4) is 0 Å². The minimum Gasteiger partial charge on any atom is -0.477 e. The lowest BCUT2D eigenvalue weighted by Crippen LogP contribution is -2.13. The van der Waals surface area contributed by atoms with Crippen molar-refractivity contribution in [3.8, 4) is 0 Å². The number of rotatable bonds is 4. The number of nitrogens with zero attached hydrogens (tertiary/aromatic N) is 2. The van der Waals surface area contributed by atoms with Gasteiger partial charge in [-0.3, -0.25) is 0 Å². The van der Waals surface area contributed by atoms with Gasteiger partial charge in [-0.1, -0.05) is 5.16 Å². The number of aromatic nitrogens is 2. The van der Waals surface area contributed by atoms with E-state index in [4.69, 9.17) is 5.11 Å². The van der Waals surface area contributed by atoms with Gasteiger partial charge in [0.15, 0.2) is 5.82 Å². The van der Waals surface area contributed by atoms with Crippen molar-refractivity contribution in [2.45, 2.75) is 11.8 Å². The van der Waals surface area contributed by atoms with E-state index in [1.165, 1.54) is 6.92 Å². The third kappa shape index (κ3) is 2.93. The van der Waals surface area contributed by atoms with Gasteiger partial charge in [-0.2, -0.15) is 4.98 Å². The van der Waals surface area contributed by atoms with E-state index >= 15 is 0 Å². The largest absolute Gasteiger partial charge is 0.477 e. The SMILES string of the molecule is Cc1noc(NS(=O)(=O)c2cc(C(=O)O)sc2Br)n1. The lowest BCUT2D eigenvalue weighted by atomic mass is 10.5. The zero-order chi connectivity index (χ0) is 14.2. The van der Waals surface area contributed by atoms with Gasteiger partial charge in [0.2, 0.25) is 0 Å². The fraction of sp³-hybridized carbons (Fsp3) is 0.125. The number of carboxylic acids is 1. The van der Waals surface area contributed by atoms with E-state index < -0.39 is 16.0 Å². The maximum absolute atomic E-state index is 12.0. The van der Waals surface area contributed by atoms with Gasteiger partial charge in [0.05, 0.1) is 3.79 Å². The second-order valence-corrected chi connectivity index (χ2v) is 7.33. The highest BCUT2D eigenvalue weighted by molar-refractivity contribution is 9.11. The number of hydrogen-bond donors (Lipinski definition) is 2. The van der Waals surface area contributed by atoms with Crippen LogP contribution in [0.25, 0.3) is 0 Å². The van der Waals surface area contributed by atoms with Gasteiger partial charge in [0, 0.05) is 0 Å². The molecule has 0 aliphatic rings. The Kier molecular flexibility index (Phi) is 3.60. The standard InChI is InChI=1S/C8H6BrN3O5S2/c1-3-10-8(17-11-3)12-19(15,16)5-2-4(7(13)14)18-6(5)9/h2H,1H3,(H,13,14)(H,10,11,12). The van der Waals surface area contributed by atoms with E-state index in [9.17, 15) is 13.2 Å². The van der Waals surface area contributed by atoms with Gasteiger partial charge >= 0.3 is 12.0 Å². The summed E-state index contributed by atoms with van der Waals surface area (Å²) in [5.41, 5.74) is 0. The topological polar surface area (TPSA) is 122 Å². The van der Waals surface area contributed by atoms with Crippen LogP contribution in [0, 0.1) is 6.92 Å². The normalized spacial score (nSPS) is 11.5. The Morgan fingerprint density at radius 2 is 2.26 bits per heavy atom. The highest BCUT2D eigenvalue weighted by atomic mass is 79.9. The van der Waals surface area contributed by atoms with E-state index in [-0.39, 0.29) is 25.4 Å². The van der Waals surface area contributed by atoms with Crippen molar-refractivity contribution in [3.05, 3.63) is 20.6 Å². The van der Waals surface area contributed by atoms with E-state index in [0.717, 1.165) is 17.4 Å². The highest BCUT2D eigenvalue weighted by Gasteiger charge is 2.24. The molecule has 0 bridgehead atoms.